The molecule has 0 saturated heterocycles. The quantitative estimate of drug-likeness (QED) is 0.545. The molecule has 0 amide bonds. The highest BCUT2D eigenvalue weighted by Crippen LogP contribution is 2.53. The number of nitrogens with one attached hydrogen (secondary N) is 1. The van der Waals surface area contributed by atoms with Crippen LogP contribution in [-0.4, -0.2) is 55.7 Å². The number of rotatable bonds is 7. The second kappa shape index (κ2) is 8.56. The lowest BCUT2D eigenvalue weighted by Gasteiger charge is -2.36. The van der Waals surface area contributed by atoms with Crippen LogP contribution in [0.2, 0.25) is 0 Å². The van der Waals surface area contributed by atoms with Crippen molar-refractivity contribution in [2.75, 3.05) is 25.3 Å². The van der Waals surface area contributed by atoms with Gasteiger partial charge >= 0.3 is 5.97 Å². The number of aliphatic carboxylic acids is 1. The second-order valence-electron chi connectivity index (χ2n) is 8.99. The summed E-state index contributed by atoms with van der Waals surface area (Å²) in [5, 5.41) is 19.6. The molecule has 0 saturated carbocycles. The van der Waals surface area contributed by atoms with E-state index in [1.165, 1.54) is 25.3 Å². The summed E-state index contributed by atoms with van der Waals surface area (Å²) in [4.78, 5) is 17.9. The number of nitrogens with zero attached hydrogens (tertiary/aromatic N) is 2. The number of anilines is 1. The van der Waals surface area contributed by atoms with E-state index in [0.717, 1.165) is 11.8 Å². The van der Waals surface area contributed by atoms with Gasteiger partial charge in [-0.05, 0) is 23.1 Å². The monoisotopic (exact) mass is 479 g/mol. The van der Waals surface area contributed by atoms with E-state index >= 15 is 0 Å². The summed E-state index contributed by atoms with van der Waals surface area (Å²) in [6.45, 7) is 5.66. The van der Waals surface area contributed by atoms with Crippen molar-refractivity contribution < 1.29 is 32.9 Å². The Bertz CT molecular complexity index is 1180. The predicted molar refractivity (Wildman–Crippen MR) is 122 cm³/mol. The Hall–Kier alpha value is -2.73. The minimum absolute atomic E-state index is 0.274. The van der Waals surface area contributed by atoms with Crippen LogP contribution in [0.4, 0.5) is 5.69 Å². The molecule has 2 unspecified atom stereocenters. The number of hydrogen-bond donors (Lipinski definition) is 3. The molecule has 3 rings (SSSR count). The Balaban J connectivity index is 2.31. The minimum atomic E-state index is -3.81. The van der Waals surface area contributed by atoms with E-state index in [1.54, 1.807) is 24.3 Å². The number of ether oxygens (including phenoxy) is 2. The highest BCUT2D eigenvalue weighted by Gasteiger charge is 2.59. The fraction of sp³-hybridized carbons (Fsp3) is 0.455. The molecule has 180 valence electrons. The van der Waals surface area contributed by atoms with Crippen molar-refractivity contribution in [3.8, 4) is 11.5 Å². The highest BCUT2D eigenvalue weighted by atomic mass is 32.2. The number of aromatic nitrogens is 1. The van der Waals surface area contributed by atoms with Crippen LogP contribution in [0.15, 0.2) is 30.5 Å². The SMILES string of the molecule is COC1(C(=O)O)C(NS(C)(=O)=O)c2cc(C(C)(C)C)cc(Oc3ccnc(CO)c3)c2N1C. The number of benzene rings is 1. The third kappa shape index (κ3) is 4.54. The molecular formula is C22H29N3O7S. The van der Waals surface area contributed by atoms with Crippen LogP contribution in [0.1, 0.15) is 43.6 Å². The third-order valence-corrected chi connectivity index (χ3v) is 6.30. The topological polar surface area (TPSA) is 138 Å². The van der Waals surface area contributed by atoms with Gasteiger partial charge in [0.1, 0.15) is 11.8 Å². The van der Waals surface area contributed by atoms with Gasteiger partial charge in [0, 0.05) is 32.0 Å². The maximum absolute atomic E-state index is 12.5. The van der Waals surface area contributed by atoms with Gasteiger partial charge in [-0.3, -0.25) is 4.98 Å². The van der Waals surface area contributed by atoms with Crippen LogP contribution in [0, 0.1) is 0 Å². The third-order valence-electron chi connectivity index (χ3n) is 5.63. The summed E-state index contributed by atoms with van der Waals surface area (Å²) in [5.41, 5.74) is -0.426. The van der Waals surface area contributed by atoms with Gasteiger partial charge in [0.05, 0.1) is 24.2 Å². The standard InChI is InChI=1S/C22H29N3O7S/c1-21(2,3)13-9-16-18(17(10-13)32-15-7-8-23-14(11-15)12-26)25(4)22(31-5,20(27)28)19(16)24-33(6,29)30/h7-11,19,24,26H,12H2,1-6H3,(H,27,28). The first kappa shape index (κ1) is 24.9. The van der Waals surface area contributed by atoms with E-state index in [-0.39, 0.29) is 12.0 Å². The molecule has 1 aliphatic heterocycles. The Morgan fingerprint density at radius 1 is 1.30 bits per heavy atom. The van der Waals surface area contributed by atoms with E-state index in [4.69, 9.17) is 9.47 Å². The Labute approximate surface area is 193 Å². The van der Waals surface area contributed by atoms with Crippen LogP contribution < -0.4 is 14.4 Å². The molecule has 0 bridgehead atoms. The molecule has 11 heteroatoms. The van der Waals surface area contributed by atoms with Crippen LogP contribution in [0.25, 0.3) is 0 Å². The molecule has 0 fully saturated rings. The maximum atomic E-state index is 12.5. The van der Waals surface area contributed by atoms with Gasteiger partial charge in [0.25, 0.3) is 5.72 Å². The average molecular weight is 480 g/mol. The number of hydrogen-bond acceptors (Lipinski definition) is 8. The first-order valence-electron chi connectivity index (χ1n) is 10.2. The number of carbonyl (C=O) groups is 1. The lowest BCUT2D eigenvalue weighted by Crippen LogP contribution is -2.59. The van der Waals surface area contributed by atoms with E-state index in [0.29, 0.717) is 28.4 Å². The van der Waals surface area contributed by atoms with Crippen molar-refractivity contribution >= 4 is 21.7 Å². The van der Waals surface area contributed by atoms with Crippen molar-refractivity contribution in [3.05, 3.63) is 47.3 Å². The summed E-state index contributed by atoms with van der Waals surface area (Å²) in [7, 11) is -1.09. The van der Waals surface area contributed by atoms with Gasteiger partial charge in [-0.2, -0.15) is 0 Å². The largest absolute Gasteiger partial charge is 0.478 e. The van der Waals surface area contributed by atoms with E-state index < -0.39 is 27.8 Å². The predicted octanol–water partition coefficient (Wildman–Crippen LogP) is 2.13. The molecule has 1 aromatic carbocycles. The van der Waals surface area contributed by atoms with Gasteiger partial charge in [-0.1, -0.05) is 26.8 Å². The molecule has 3 N–H and O–H groups in total. The lowest BCUT2D eigenvalue weighted by atomic mass is 9.84. The zero-order valence-corrected chi connectivity index (χ0v) is 20.2. The maximum Gasteiger partial charge on any atom is 0.359 e. The molecule has 1 aromatic heterocycles. The second-order valence-corrected chi connectivity index (χ2v) is 10.8. The Kier molecular flexibility index (Phi) is 6.46. The zero-order valence-electron chi connectivity index (χ0n) is 19.4. The van der Waals surface area contributed by atoms with Crippen LogP contribution >= 0.6 is 0 Å². The van der Waals surface area contributed by atoms with E-state index in [2.05, 4.69) is 9.71 Å². The van der Waals surface area contributed by atoms with Gasteiger partial charge < -0.3 is 24.6 Å². The number of carboxylic acids is 1. The van der Waals surface area contributed by atoms with Gasteiger partial charge in [-0.15, -0.1) is 0 Å². The first-order valence-corrected chi connectivity index (χ1v) is 12.1. The minimum Gasteiger partial charge on any atom is -0.478 e. The summed E-state index contributed by atoms with van der Waals surface area (Å²) in [6, 6.07) is 5.50. The van der Waals surface area contributed by atoms with Crippen molar-refractivity contribution in [3.63, 3.8) is 0 Å². The smallest absolute Gasteiger partial charge is 0.359 e. The van der Waals surface area contributed by atoms with Crippen molar-refractivity contribution in [2.45, 2.75) is 44.6 Å². The average Bonchev–Trinajstić information content (AvgIpc) is 2.95. The van der Waals surface area contributed by atoms with Crippen molar-refractivity contribution in [1.82, 2.24) is 9.71 Å². The van der Waals surface area contributed by atoms with E-state index in [9.17, 15) is 23.4 Å². The van der Waals surface area contributed by atoms with Gasteiger partial charge in [0.2, 0.25) is 10.0 Å². The summed E-state index contributed by atoms with van der Waals surface area (Å²) in [5.74, 6) is -0.663. The van der Waals surface area contributed by atoms with Crippen LogP contribution in [0.5, 0.6) is 11.5 Å². The fourth-order valence-corrected chi connectivity index (χ4v) is 4.70. The number of aliphatic hydroxyl groups is 1. The molecule has 2 atom stereocenters. The number of methoxy groups -OCH3 is 1. The molecule has 0 aliphatic carbocycles. The molecule has 33 heavy (non-hydrogen) atoms. The summed E-state index contributed by atoms with van der Waals surface area (Å²) < 4.78 is 38.5. The number of likely N-dealkylation sites (N-methyl/N-ethyl adjacent to an activating group) is 1. The number of carboxylic acid groups (broad SMARTS) is 1. The van der Waals surface area contributed by atoms with Crippen LogP contribution in [-0.2, 0) is 31.6 Å². The number of pyridine rings is 1. The highest BCUT2D eigenvalue weighted by molar-refractivity contribution is 7.88. The Morgan fingerprint density at radius 2 is 1.97 bits per heavy atom. The van der Waals surface area contributed by atoms with Gasteiger partial charge in [0.15, 0.2) is 5.75 Å². The fourth-order valence-electron chi connectivity index (χ4n) is 3.99. The molecule has 0 radical (unpaired) electrons. The molecule has 1 aliphatic rings. The molecule has 10 nitrogen and oxygen atoms in total. The summed E-state index contributed by atoms with van der Waals surface area (Å²) in [6.07, 6.45) is 2.45. The molecule has 2 heterocycles. The normalized spacial score (nSPS) is 20.6. The zero-order chi connectivity index (χ0) is 24.8. The lowest BCUT2D eigenvalue weighted by molar-refractivity contribution is -0.164. The van der Waals surface area contributed by atoms with Crippen molar-refractivity contribution in [1.29, 1.82) is 0 Å². The molecule has 0 spiro atoms. The van der Waals surface area contributed by atoms with Crippen molar-refractivity contribution in [2.24, 2.45) is 0 Å². The molecule has 2 aromatic rings. The number of sulfonamides is 1. The van der Waals surface area contributed by atoms with Gasteiger partial charge in [-0.25, -0.2) is 17.9 Å². The van der Waals surface area contributed by atoms with E-state index in [1.807, 2.05) is 20.8 Å². The number of aliphatic hydroxyl groups excluding tert-OH is 1. The van der Waals surface area contributed by atoms with Crippen LogP contribution in [0.3, 0.4) is 0 Å². The Morgan fingerprint density at radius 3 is 2.48 bits per heavy atom. The molecular weight excluding hydrogens is 450 g/mol. The first-order chi connectivity index (χ1) is 15.2. The summed E-state index contributed by atoms with van der Waals surface area (Å²) >= 11 is 0. The number of fused-ring (bicyclic) bond motifs is 1.